The number of amides is 2. The van der Waals surface area contributed by atoms with Crippen molar-refractivity contribution in [2.45, 2.75) is 12.6 Å². The number of carbonyl (C=O) groups excluding carboxylic acids is 2. The van der Waals surface area contributed by atoms with Crippen LogP contribution in [0.4, 0.5) is 13.2 Å². The number of hydrogen-bond donors (Lipinski definition) is 2. The highest BCUT2D eigenvalue weighted by atomic mass is 19.4. The summed E-state index contributed by atoms with van der Waals surface area (Å²) in [4.78, 5) is 22.9. The number of carbonyl (C=O) groups is 2. The Morgan fingerprint density at radius 3 is 2.61 bits per heavy atom. The quantitative estimate of drug-likeness (QED) is 0.737. The van der Waals surface area contributed by atoms with Crippen molar-refractivity contribution < 1.29 is 22.8 Å². The lowest BCUT2D eigenvalue weighted by atomic mass is 10.1. The molecule has 1 fully saturated rings. The molecule has 5 nitrogen and oxygen atoms in total. The van der Waals surface area contributed by atoms with Crippen LogP contribution in [0.1, 0.15) is 6.42 Å². The number of halogens is 3. The zero-order valence-electron chi connectivity index (χ0n) is 10.0. The second kappa shape index (κ2) is 6.03. The molecule has 8 heteroatoms. The van der Waals surface area contributed by atoms with Crippen LogP contribution in [-0.4, -0.2) is 56.1 Å². The highest BCUT2D eigenvalue weighted by Crippen LogP contribution is 2.23. The normalized spacial score (nSPS) is 20.0. The second-order valence-corrected chi connectivity index (χ2v) is 4.24. The summed E-state index contributed by atoms with van der Waals surface area (Å²) in [7, 11) is 1.62. The number of nitrogens with zero attached hydrogens (tertiary/aromatic N) is 1. The Balaban J connectivity index is 2.33. The minimum atomic E-state index is -4.82. The van der Waals surface area contributed by atoms with E-state index in [-0.39, 0.29) is 31.5 Å². The van der Waals surface area contributed by atoms with Gasteiger partial charge in [0.2, 0.25) is 5.91 Å². The number of alkyl halides is 3. The summed E-state index contributed by atoms with van der Waals surface area (Å²) in [5.74, 6) is -2.12. The number of hydrogen-bond acceptors (Lipinski definition) is 3. The van der Waals surface area contributed by atoms with Gasteiger partial charge in [-0.3, -0.25) is 9.59 Å². The summed E-state index contributed by atoms with van der Waals surface area (Å²) in [5, 5.41) is 5.27. The van der Waals surface area contributed by atoms with Crippen LogP contribution < -0.4 is 10.6 Å². The molecule has 0 aliphatic carbocycles. The van der Waals surface area contributed by atoms with Crippen LogP contribution >= 0.6 is 0 Å². The molecule has 0 aromatic carbocycles. The Labute approximate surface area is 103 Å². The highest BCUT2D eigenvalue weighted by Gasteiger charge is 2.44. The molecule has 2 amide bonds. The van der Waals surface area contributed by atoms with E-state index < -0.39 is 12.1 Å². The molecule has 0 bridgehead atoms. The molecule has 18 heavy (non-hydrogen) atoms. The zero-order valence-corrected chi connectivity index (χ0v) is 10.0. The van der Waals surface area contributed by atoms with Gasteiger partial charge in [0.1, 0.15) is 0 Å². The van der Waals surface area contributed by atoms with E-state index >= 15 is 0 Å². The molecule has 1 rings (SSSR count). The first-order valence-electron chi connectivity index (χ1n) is 5.62. The van der Waals surface area contributed by atoms with E-state index in [1.165, 1.54) is 0 Å². The van der Waals surface area contributed by atoms with Gasteiger partial charge in [-0.25, -0.2) is 0 Å². The van der Waals surface area contributed by atoms with Crippen LogP contribution in [0.3, 0.4) is 0 Å². The van der Waals surface area contributed by atoms with Gasteiger partial charge in [0, 0.05) is 19.6 Å². The van der Waals surface area contributed by atoms with Crippen molar-refractivity contribution in [3.05, 3.63) is 0 Å². The summed E-state index contributed by atoms with van der Waals surface area (Å²) in [5.41, 5.74) is 0. The molecule has 1 aliphatic heterocycles. The van der Waals surface area contributed by atoms with Crippen LogP contribution in [-0.2, 0) is 9.59 Å². The Kier molecular flexibility index (Phi) is 4.94. The van der Waals surface area contributed by atoms with Crippen molar-refractivity contribution in [3.63, 3.8) is 0 Å². The Bertz CT molecular complexity index is 320. The van der Waals surface area contributed by atoms with Gasteiger partial charge in [-0.05, 0) is 19.4 Å². The molecule has 1 heterocycles. The van der Waals surface area contributed by atoms with Gasteiger partial charge < -0.3 is 15.5 Å². The van der Waals surface area contributed by atoms with E-state index in [0.717, 1.165) is 4.90 Å². The lowest BCUT2D eigenvalue weighted by molar-refractivity contribution is -0.184. The number of nitrogens with one attached hydrogen (secondary N) is 2. The number of rotatable bonds is 4. The average Bonchev–Trinajstić information content (AvgIpc) is 2.73. The summed E-state index contributed by atoms with van der Waals surface area (Å²) in [6.07, 6.45) is -4.34. The van der Waals surface area contributed by atoms with Gasteiger partial charge in [-0.15, -0.1) is 0 Å². The monoisotopic (exact) mass is 267 g/mol. The summed E-state index contributed by atoms with van der Waals surface area (Å²) in [6.45, 7) is 0.586. The molecule has 1 aliphatic rings. The van der Waals surface area contributed by atoms with Crippen LogP contribution in [0.2, 0.25) is 0 Å². The van der Waals surface area contributed by atoms with Crippen LogP contribution in [0.25, 0.3) is 0 Å². The van der Waals surface area contributed by atoms with Crippen LogP contribution in [0, 0.1) is 5.92 Å². The smallest absolute Gasteiger partial charge is 0.355 e. The minimum Gasteiger partial charge on any atom is -0.355 e. The summed E-state index contributed by atoms with van der Waals surface area (Å²) < 4.78 is 36.5. The van der Waals surface area contributed by atoms with E-state index in [1.54, 1.807) is 7.05 Å². The molecule has 2 N–H and O–H groups in total. The Morgan fingerprint density at radius 2 is 2.06 bits per heavy atom. The Morgan fingerprint density at radius 1 is 1.39 bits per heavy atom. The molecule has 1 saturated heterocycles. The van der Waals surface area contributed by atoms with Crippen molar-refractivity contribution >= 4 is 11.8 Å². The maximum atomic E-state index is 12.2. The highest BCUT2D eigenvalue weighted by molar-refractivity contribution is 5.82. The number of likely N-dealkylation sites (N-methyl/N-ethyl adjacent to an activating group) is 1. The first-order chi connectivity index (χ1) is 8.34. The fourth-order valence-corrected chi connectivity index (χ4v) is 1.84. The third-order valence-corrected chi connectivity index (χ3v) is 2.74. The van der Waals surface area contributed by atoms with E-state index in [4.69, 9.17) is 0 Å². The van der Waals surface area contributed by atoms with Crippen molar-refractivity contribution in [1.82, 2.24) is 15.5 Å². The molecule has 0 spiro atoms. The Hall–Kier alpha value is -1.31. The van der Waals surface area contributed by atoms with Gasteiger partial charge in [0.15, 0.2) is 0 Å². The fraction of sp³-hybridized carbons (Fsp3) is 0.800. The molecule has 1 unspecified atom stereocenters. The largest absolute Gasteiger partial charge is 0.471 e. The topological polar surface area (TPSA) is 61.4 Å². The average molecular weight is 267 g/mol. The second-order valence-electron chi connectivity index (χ2n) is 4.24. The molecular weight excluding hydrogens is 251 g/mol. The maximum Gasteiger partial charge on any atom is 0.471 e. The van der Waals surface area contributed by atoms with Gasteiger partial charge in [-0.2, -0.15) is 13.2 Å². The fourth-order valence-electron chi connectivity index (χ4n) is 1.84. The first kappa shape index (κ1) is 14.7. The van der Waals surface area contributed by atoms with E-state index in [2.05, 4.69) is 10.6 Å². The zero-order chi connectivity index (χ0) is 13.8. The predicted octanol–water partition coefficient (Wildman–Crippen LogP) is -0.267. The lowest BCUT2D eigenvalue weighted by Gasteiger charge is -2.18. The van der Waals surface area contributed by atoms with E-state index in [0.29, 0.717) is 13.0 Å². The van der Waals surface area contributed by atoms with Gasteiger partial charge in [0.25, 0.3) is 0 Å². The molecule has 0 aromatic heterocycles. The van der Waals surface area contributed by atoms with Gasteiger partial charge >= 0.3 is 12.1 Å². The standard InChI is InChI=1S/C10H16F3N3O2/c1-14-5-8(17)15-4-7-2-3-16(6-7)9(18)10(11,12)13/h7,14H,2-6H2,1H3,(H,15,17). The minimum absolute atomic E-state index is 0.0399. The van der Waals surface area contributed by atoms with Crippen LogP contribution in [0.15, 0.2) is 0 Å². The van der Waals surface area contributed by atoms with E-state index in [1.807, 2.05) is 0 Å². The van der Waals surface area contributed by atoms with Crippen LogP contribution in [0.5, 0.6) is 0 Å². The summed E-state index contributed by atoms with van der Waals surface area (Å²) in [6, 6.07) is 0. The lowest BCUT2D eigenvalue weighted by Crippen LogP contribution is -2.41. The molecule has 0 aromatic rings. The van der Waals surface area contributed by atoms with Crippen molar-refractivity contribution in [2.24, 2.45) is 5.92 Å². The molecule has 0 saturated carbocycles. The third-order valence-electron chi connectivity index (χ3n) is 2.74. The molecule has 0 radical (unpaired) electrons. The van der Waals surface area contributed by atoms with E-state index in [9.17, 15) is 22.8 Å². The molecule has 104 valence electrons. The van der Waals surface area contributed by atoms with Crippen molar-refractivity contribution in [2.75, 3.05) is 33.2 Å². The number of likely N-dealkylation sites (tertiary alicyclic amines) is 1. The van der Waals surface area contributed by atoms with Crippen molar-refractivity contribution in [3.8, 4) is 0 Å². The summed E-state index contributed by atoms with van der Waals surface area (Å²) >= 11 is 0. The molecule has 1 atom stereocenters. The predicted molar refractivity (Wildman–Crippen MR) is 57.7 cm³/mol. The van der Waals surface area contributed by atoms with Crippen molar-refractivity contribution in [1.29, 1.82) is 0 Å². The third kappa shape index (κ3) is 4.17. The molecular formula is C10H16F3N3O2. The first-order valence-corrected chi connectivity index (χ1v) is 5.62. The maximum absolute atomic E-state index is 12.2. The van der Waals surface area contributed by atoms with Gasteiger partial charge in [-0.1, -0.05) is 0 Å². The SMILES string of the molecule is CNCC(=O)NCC1CCN(C(=O)C(F)(F)F)C1. The van der Waals surface area contributed by atoms with Gasteiger partial charge in [0.05, 0.1) is 6.54 Å².